The maximum absolute atomic E-state index is 6.96. The van der Waals surface area contributed by atoms with E-state index < -0.39 is 0 Å². The Kier molecular flexibility index (Phi) is 3.59. The van der Waals surface area contributed by atoms with Gasteiger partial charge < -0.3 is 11.1 Å². The highest BCUT2D eigenvalue weighted by Crippen LogP contribution is 1.92. The lowest BCUT2D eigenvalue weighted by atomic mass is 10.5. The topological polar surface area (TPSA) is 61.9 Å². The molecule has 0 fully saturated rings. The summed E-state index contributed by atoms with van der Waals surface area (Å²) in [5.74, 6) is 0. The van der Waals surface area contributed by atoms with Crippen LogP contribution in [0.3, 0.4) is 0 Å². The minimum absolute atomic E-state index is 0.358. The third kappa shape index (κ3) is 2.84. The Labute approximate surface area is 62.0 Å². The van der Waals surface area contributed by atoms with Gasteiger partial charge in [0.05, 0.1) is 5.70 Å². The number of hydrogen-bond donors (Lipinski definition) is 3. The summed E-state index contributed by atoms with van der Waals surface area (Å²) in [5.41, 5.74) is 5.76. The maximum atomic E-state index is 6.96. The largest absolute Gasteiger partial charge is 0.395 e. The average molecular weight is 225 g/mol. The quantitative estimate of drug-likeness (QED) is 0.471. The van der Waals surface area contributed by atoms with Crippen LogP contribution in [0.25, 0.3) is 0 Å². The second kappa shape index (κ2) is 3.71. The van der Waals surface area contributed by atoms with E-state index in [-0.39, 0.29) is 0 Å². The first kappa shape index (κ1) is 7.74. The molecular formula is C4H8IN3. The zero-order valence-electron chi connectivity index (χ0n) is 4.53. The lowest BCUT2D eigenvalue weighted by Crippen LogP contribution is -2.08. The first-order valence-corrected chi connectivity index (χ1v) is 3.13. The minimum atomic E-state index is 0.358. The number of rotatable bonds is 2. The lowest BCUT2D eigenvalue weighted by Gasteiger charge is -1.92. The van der Waals surface area contributed by atoms with E-state index in [9.17, 15) is 0 Å². The normalized spacial score (nSPS) is 11.0. The summed E-state index contributed by atoms with van der Waals surface area (Å²) in [7, 11) is 1.74. The van der Waals surface area contributed by atoms with E-state index in [1.54, 1.807) is 13.2 Å². The van der Waals surface area contributed by atoms with Gasteiger partial charge in [0.15, 0.2) is 0 Å². The van der Waals surface area contributed by atoms with Gasteiger partial charge in [-0.25, -0.2) is 0 Å². The summed E-state index contributed by atoms with van der Waals surface area (Å²) >= 11 is 1.84. The number of nitrogens with one attached hydrogen (secondary N) is 2. The summed E-state index contributed by atoms with van der Waals surface area (Å²) in [6.45, 7) is 0. The van der Waals surface area contributed by atoms with Crippen molar-refractivity contribution in [3.05, 3.63) is 11.9 Å². The van der Waals surface area contributed by atoms with E-state index in [0.717, 1.165) is 0 Å². The van der Waals surface area contributed by atoms with Crippen LogP contribution < -0.4 is 11.1 Å². The van der Waals surface area contributed by atoms with Gasteiger partial charge in [0.25, 0.3) is 0 Å². The molecule has 0 saturated carbocycles. The van der Waals surface area contributed by atoms with E-state index in [0.29, 0.717) is 9.42 Å². The molecular weight excluding hydrogens is 217 g/mol. The summed E-state index contributed by atoms with van der Waals surface area (Å²) in [6, 6.07) is 0. The van der Waals surface area contributed by atoms with Gasteiger partial charge in [-0.05, 0) is 22.6 Å². The van der Waals surface area contributed by atoms with Gasteiger partial charge in [-0.3, -0.25) is 5.41 Å². The number of nitrogens with two attached hydrogens (primary N) is 1. The fourth-order valence-corrected chi connectivity index (χ4v) is 0.375. The standard InChI is InChI=1S/C4H8IN3/c1-8-2-3(6)4(5)7/h2,7-8H,6H2,1H3. The highest BCUT2D eigenvalue weighted by atomic mass is 127. The van der Waals surface area contributed by atoms with Gasteiger partial charge in [-0.2, -0.15) is 0 Å². The van der Waals surface area contributed by atoms with E-state index in [4.69, 9.17) is 11.1 Å². The first-order chi connectivity index (χ1) is 3.68. The van der Waals surface area contributed by atoms with Crippen LogP contribution >= 0.6 is 22.6 Å². The third-order valence-corrected chi connectivity index (χ3v) is 1.18. The zero-order valence-corrected chi connectivity index (χ0v) is 6.69. The molecule has 4 heteroatoms. The molecule has 0 aromatic carbocycles. The Hall–Kier alpha value is -0.260. The Morgan fingerprint density at radius 2 is 2.38 bits per heavy atom. The molecule has 3 nitrogen and oxygen atoms in total. The van der Waals surface area contributed by atoms with Crippen LogP contribution in [0.4, 0.5) is 0 Å². The Bertz CT molecular complexity index is 118. The van der Waals surface area contributed by atoms with Gasteiger partial charge >= 0.3 is 0 Å². The lowest BCUT2D eigenvalue weighted by molar-refractivity contribution is 1.08. The molecule has 0 aromatic heterocycles. The van der Waals surface area contributed by atoms with Crippen LogP contribution in [0, 0.1) is 5.41 Å². The van der Waals surface area contributed by atoms with Crippen LogP contribution in [0.2, 0.25) is 0 Å². The highest BCUT2D eigenvalue weighted by molar-refractivity contribution is 14.1. The molecule has 0 amide bonds. The molecule has 0 saturated heterocycles. The Morgan fingerprint density at radius 1 is 1.88 bits per heavy atom. The highest BCUT2D eigenvalue weighted by Gasteiger charge is 1.89. The minimum Gasteiger partial charge on any atom is -0.395 e. The van der Waals surface area contributed by atoms with Crippen molar-refractivity contribution < 1.29 is 0 Å². The van der Waals surface area contributed by atoms with Crippen molar-refractivity contribution in [3.8, 4) is 0 Å². The molecule has 0 bridgehead atoms. The predicted octanol–water partition coefficient (Wildman–Crippen LogP) is 0.418. The van der Waals surface area contributed by atoms with Crippen molar-refractivity contribution in [2.75, 3.05) is 7.05 Å². The molecule has 0 aliphatic carbocycles. The summed E-state index contributed by atoms with van der Waals surface area (Å²) in [4.78, 5) is 0. The fraction of sp³-hybridized carbons (Fsp3) is 0.250. The van der Waals surface area contributed by atoms with Crippen molar-refractivity contribution in [1.82, 2.24) is 5.32 Å². The van der Waals surface area contributed by atoms with Crippen molar-refractivity contribution in [2.24, 2.45) is 5.73 Å². The van der Waals surface area contributed by atoms with Gasteiger partial charge in [0.2, 0.25) is 0 Å². The maximum Gasteiger partial charge on any atom is 0.117 e. The number of allylic oxidation sites excluding steroid dienone is 1. The van der Waals surface area contributed by atoms with E-state index >= 15 is 0 Å². The monoisotopic (exact) mass is 225 g/mol. The molecule has 8 heavy (non-hydrogen) atoms. The third-order valence-electron chi connectivity index (χ3n) is 0.553. The smallest absolute Gasteiger partial charge is 0.117 e. The van der Waals surface area contributed by atoms with Crippen molar-refractivity contribution in [2.45, 2.75) is 0 Å². The van der Waals surface area contributed by atoms with E-state index in [2.05, 4.69) is 5.32 Å². The molecule has 0 radical (unpaired) electrons. The molecule has 46 valence electrons. The molecule has 4 N–H and O–H groups in total. The van der Waals surface area contributed by atoms with Gasteiger partial charge in [0, 0.05) is 13.2 Å². The molecule has 0 rings (SSSR count). The van der Waals surface area contributed by atoms with Crippen molar-refractivity contribution in [1.29, 1.82) is 5.41 Å². The van der Waals surface area contributed by atoms with Crippen molar-refractivity contribution >= 4 is 26.3 Å². The Balaban J connectivity index is 3.80. The molecule has 0 aliphatic rings. The predicted molar refractivity (Wildman–Crippen MR) is 43.1 cm³/mol. The second-order valence-corrected chi connectivity index (χ2v) is 2.28. The van der Waals surface area contributed by atoms with E-state index in [1.807, 2.05) is 22.6 Å². The van der Waals surface area contributed by atoms with Crippen molar-refractivity contribution in [3.63, 3.8) is 0 Å². The molecule has 0 atom stereocenters. The van der Waals surface area contributed by atoms with Gasteiger partial charge in [-0.1, -0.05) is 0 Å². The molecule has 0 unspecified atom stereocenters. The summed E-state index contributed by atoms with van der Waals surface area (Å²) in [6.07, 6.45) is 1.58. The average Bonchev–Trinajstić information content (AvgIpc) is 1.67. The molecule has 0 heterocycles. The number of hydrogen-bond acceptors (Lipinski definition) is 3. The van der Waals surface area contributed by atoms with Crippen LogP contribution in [0.1, 0.15) is 0 Å². The summed E-state index contributed by atoms with van der Waals surface area (Å²) < 4.78 is 0.358. The van der Waals surface area contributed by atoms with Crippen LogP contribution in [0.15, 0.2) is 11.9 Å². The SMILES string of the molecule is CNC=C(N)C(=N)I. The Morgan fingerprint density at radius 3 is 2.50 bits per heavy atom. The molecule has 0 aromatic rings. The van der Waals surface area contributed by atoms with Crippen LogP contribution in [0.5, 0.6) is 0 Å². The first-order valence-electron chi connectivity index (χ1n) is 2.06. The molecule has 0 spiro atoms. The summed E-state index contributed by atoms with van der Waals surface area (Å²) in [5, 5.41) is 9.67. The second-order valence-electron chi connectivity index (χ2n) is 1.20. The number of halogens is 1. The van der Waals surface area contributed by atoms with Gasteiger partial charge in [-0.15, -0.1) is 0 Å². The molecule has 0 aliphatic heterocycles. The van der Waals surface area contributed by atoms with Gasteiger partial charge in [0.1, 0.15) is 3.72 Å². The van der Waals surface area contributed by atoms with Crippen LogP contribution in [-0.2, 0) is 0 Å². The van der Waals surface area contributed by atoms with E-state index in [1.165, 1.54) is 0 Å². The zero-order chi connectivity index (χ0) is 6.57. The van der Waals surface area contributed by atoms with Crippen LogP contribution in [-0.4, -0.2) is 10.8 Å². The fourth-order valence-electron chi connectivity index (χ4n) is 0.219.